The van der Waals surface area contributed by atoms with Crippen LogP contribution in [0.15, 0.2) is 11.4 Å². The zero-order valence-electron chi connectivity index (χ0n) is 5.68. The van der Waals surface area contributed by atoms with Gasteiger partial charge in [-0.3, -0.25) is 0 Å². The lowest BCUT2D eigenvalue weighted by Crippen LogP contribution is -1.74. The van der Waals surface area contributed by atoms with E-state index < -0.39 is 0 Å². The van der Waals surface area contributed by atoms with E-state index in [0.29, 0.717) is 0 Å². The van der Waals surface area contributed by atoms with Gasteiger partial charge in [0.25, 0.3) is 0 Å². The van der Waals surface area contributed by atoms with E-state index in [2.05, 4.69) is 25.3 Å². The average molecular weight is 139 g/mol. The summed E-state index contributed by atoms with van der Waals surface area (Å²) in [4.78, 5) is 1.40. The molecule has 0 saturated heterocycles. The molecule has 0 N–H and O–H groups in total. The van der Waals surface area contributed by atoms with E-state index >= 15 is 0 Å². The Kier molecular flexibility index (Phi) is 2.29. The van der Waals surface area contributed by atoms with Crippen LogP contribution in [0.1, 0.15) is 16.9 Å². The number of thiophene rings is 1. The van der Waals surface area contributed by atoms with Crippen LogP contribution in [0, 0.1) is 13.8 Å². The third-order valence-electron chi connectivity index (χ3n) is 1.25. The number of rotatable bonds is 2. The molecule has 0 aliphatic rings. The number of aryl methyl sites for hydroxylation is 2. The molecule has 1 heterocycles. The van der Waals surface area contributed by atoms with Gasteiger partial charge in [0.05, 0.1) is 0 Å². The molecule has 1 heteroatoms. The van der Waals surface area contributed by atoms with Crippen LogP contribution in [0.25, 0.3) is 0 Å². The second-order valence-electron chi connectivity index (χ2n) is 2.17. The van der Waals surface area contributed by atoms with Gasteiger partial charge < -0.3 is 0 Å². The topological polar surface area (TPSA) is 0 Å². The zero-order chi connectivity index (χ0) is 6.69. The van der Waals surface area contributed by atoms with Crippen molar-refractivity contribution >= 4 is 11.3 Å². The van der Waals surface area contributed by atoms with Gasteiger partial charge in [0.1, 0.15) is 0 Å². The lowest BCUT2D eigenvalue weighted by molar-refractivity contribution is 1.01. The molecule has 0 spiro atoms. The molecule has 0 bridgehead atoms. The maximum absolute atomic E-state index is 3.79. The summed E-state index contributed by atoms with van der Waals surface area (Å²) in [7, 11) is 0. The van der Waals surface area contributed by atoms with Crippen molar-refractivity contribution in [1.82, 2.24) is 0 Å². The minimum absolute atomic E-state index is 1.01. The van der Waals surface area contributed by atoms with E-state index in [1.165, 1.54) is 10.4 Å². The predicted octanol–water partition coefficient (Wildman–Crippen LogP) is 2.82. The van der Waals surface area contributed by atoms with Crippen molar-refractivity contribution in [3.05, 3.63) is 28.8 Å². The third kappa shape index (κ3) is 1.83. The SMILES string of the molecule is [CH2]CCc1csc(C)c1. The molecule has 1 radical (unpaired) electrons. The van der Waals surface area contributed by atoms with E-state index in [4.69, 9.17) is 0 Å². The molecule has 49 valence electrons. The molecule has 0 fully saturated rings. The first-order valence-electron chi connectivity index (χ1n) is 3.16. The van der Waals surface area contributed by atoms with Crippen molar-refractivity contribution < 1.29 is 0 Å². The highest BCUT2D eigenvalue weighted by atomic mass is 32.1. The van der Waals surface area contributed by atoms with E-state index in [1.54, 1.807) is 0 Å². The third-order valence-corrected chi connectivity index (χ3v) is 2.16. The summed E-state index contributed by atoms with van der Waals surface area (Å²) < 4.78 is 0. The van der Waals surface area contributed by atoms with E-state index in [9.17, 15) is 0 Å². The monoisotopic (exact) mass is 139 g/mol. The Morgan fingerprint density at radius 3 is 2.89 bits per heavy atom. The summed E-state index contributed by atoms with van der Waals surface area (Å²) >= 11 is 1.82. The fourth-order valence-corrected chi connectivity index (χ4v) is 1.58. The van der Waals surface area contributed by atoms with Crippen molar-refractivity contribution in [1.29, 1.82) is 0 Å². The average Bonchev–Trinajstić information content (AvgIpc) is 2.17. The minimum Gasteiger partial charge on any atom is -0.149 e. The molecule has 0 aliphatic carbocycles. The van der Waals surface area contributed by atoms with Gasteiger partial charge in [-0.05, 0) is 36.8 Å². The Bertz CT molecular complexity index is 176. The largest absolute Gasteiger partial charge is 0.149 e. The van der Waals surface area contributed by atoms with E-state index in [0.717, 1.165) is 12.8 Å². The fraction of sp³-hybridized carbons (Fsp3) is 0.375. The molecule has 0 amide bonds. The molecule has 9 heavy (non-hydrogen) atoms. The molecule has 0 unspecified atom stereocenters. The molecule has 1 rings (SSSR count). The standard InChI is InChI=1S/C8H11S/c1-3-4-8-5-7(2)9-6-8/h5-6H,1,3-4H2,2H3. The van der Waals surface area contributed by atoms with Crippen LogP contribution >= 0.6 is 11.3 Å². The summed E-state index contributed by atoms with van der Waals surface area (Å²) in [6, 6.07) is 2.23. The maximum Gasteiger partial charge on any atom is 0.00170 e. The van der Waals surface area contributed by atoms with Crippen LogP contribution in [0.2, 0.25) is 0 Å². The van der Waals surface area contributed by atoms with Gasteiger partial charge in [-0.25, -0.2) is 0 Å². The summed E-state index contributed by atoms with van der Waals surface area (Å²) in [6.07, 6.45) is 2.14. The van der Waals surface area contributed by atoms with Crippen molar-refractivity contribution in [3.63, 3.8) is 0 Å². The van der Waals surface area contributed by atoms with Crippen molar-refractivity contribution in [2.45, 2.75) is 19.8 Å². The Labute approximate surface area is 60.5 Å². The molecule has 0 aromatic carbocycles. The highest BCUT2D eigenvalue weighted by molar-refractivity contribution is 7.10. The molecule has 0 nitrogen and oxygen atoms in total. The second-order valence-corrected chi connectivity index (χ2v) is 3.28. The van der Waals surface area contributed by atoms with Gasteiger partial charge in [-0.1, -0.05) is 6.92 Å². The molecular formula is C8H11S. The van der Waals surface area contributed by atoms with Crippen LogP contribution in [-0.2, 0) is 6.42 Å². The van der Waals surface area contributed by atoms with Crippen LogP contribution in [-0.4, -0.2) is 0 Å². The Balaban J connectivity index is 2.61. The Hall–Kier alpha value is -0.300. The molecular weight excluding hydrogens is 128 g/mol. The minimum atomic E-state index is 1.01. The van der Waals surface area contributed by atoms with Gasteiger partial charge in [-0.15, -0.1) is 11.3 Å². The first kappa shape index (κ1) is 6.81. The van der Waals surface area contributed by atoms with Gasteiger partial charge in [0.2, 0.25) is 0 Å². The predicted molar refractivity (Wildman–Crippen MR) is 42.7 cm³/mol. The first-order valence-corrected chi connectivity index (χ1v) is 4.04. The van der Waals surface area contributed by atoms with E-state index in [-0.39, 0.29) is 0 Å². The zero-order valence-corrected chi connectivity index (χ0v) is 6.50. The van der Waals surface area contributed by atoms with Crippen LogP contribution in [0.5, 0.6) is 0 Å². The summed E-state index contributed by atoms with van der Waals surface area (Å²) in [6.45, 7) is 5.93. The highest BCUT2D eigenvalue weighted by Crippen LogP contribution is 2.13. The number of hydrogen-bond donors (Lipinski definition) is 0. The number of hydrogen-bond acceptors (Lipinski definition) is 1. The molecule has 1 aromatic heterocycles. The Morgan fingerprint density at radius 1 is 1.67 bits per heavy atom. The van der Waals surface area contributed by atoms with Crippen molar-refractivity contribution in [2.75, 3.05) is 0 Å². The van der Waals surface area contributed by atoms with Gasteiger partial charge in [0, 0.05) is 4.88 Å². The molecule has 1 aromatic rings. The van der Waals surface area contributed by atoms with Gasteiger partial charge in [0.15, 0.2) is 0 Å². The van der Waals surface area contributed by atoms with Crippen LogP contribution in [0.3, 0.4) is 0 Å². The summed E-state index contributed by atoms with van der Waals surface area (Å²) in [5.41, 5.74) is 1.44. The summed E-state index contributed by atoms with van der Waals surface area (Å²) in [5, 5.41) is 2.21. The van der Waals surface area contributed by atoms with Gasteiger partial charge >= 0.3 is 0 Å². The van der Waals surface area contributed by atoms with Crippen molar-refractivity contribution in [3.8, 4) is 0 Å². The molecule has 0 aliphatic heterocycles. The van der Waals surface area contributed by atoms with Crippen LogP contribution < -0.4 is 0 Å². The Morgan fingerprint density at radius 2 is 2.44 bits per heavy atom. The van der Waals surface area contributed by atoms with E-state index in [1.807, 2.05) is 11.3 Å². The fourth-order valence-electron chi connectivity index (χ4n) is 0.833. The molecule has 0 atom stereocenters. The van der Waals surface area contributed by atoms with Crippen LogP contribution in [0.4, 0.5) is 0 Å². The first-order chi connectivity index (χ1) is 4.33. The smallest absolute Gasteiger partial charge is 0.00170 e. The molecule has 0 saturated carbocycles. The second kappa shape index (κ2) is 3.02. The van der Waals surface area contributed by atoms with Crippen molar-refractivity contribution in [2.24, 2.45) is 0 Å². The summed E-state index contributed by atoms with van der Waals surface area (Å²) in [5.74, 6) is 0. The highest BCUT2D eigenvalue weighted by Gasteiger charge is 1.92. The lowest BCUT2D eigenvalue weighted by Gasteiger charge is -1.86. The normalized spacial score (nSPS) is 10.0. The van der Waals surface area contributed by atoms with Gasteiger partial charge in [-0.2, -0.15) is 0 Å². The lowest BCUT2D eigenvalue weighted by atomic mass is 10.2. The quantitative estimate of drug-likeness (QED) is 0.591. The maximum atomic E-state index is 3.79.